The summed E-state index contributed by atoms with van der Waals surface area (Å²) in [7, 11) is 0. The second-order valence-corrected chi connectivity index (χ2v) is 13.8. The predicted molar refractivity (Wildman–Crippen MR) is 193 cm³/mol. The number of carbonyl (C=O) groups is 2. The minimum Gasteiger partial charge on any atom is -0.392 e. The molecule has 3 aromatic carbocycles. The first-order valence-electron chi connectivity index (χ1n) is 18.3. The van der Waals surface area contributed by atoms with Crippen LogP contribution in [-0.4, -0.2) is 54.1 Å². The summed E-state index contributed by atoms with van der Waals surface area (Å²) in [5.41, 5.74) is 6.23. The average Bonchev–Trinajstić information content (AvgIpc) is 3.11. The molecular weight excluding hydrogens is 614 g/mol. The number of unbranched alkanes of at least 4 members (excludes halogenated alkanes) is 2. The first kappa shape index (κ1) is 36.7. The van der Waals surface area contributed by atoms with E-state index in [0.717, 1.165) is 72.3 Å². The van der Waals surface area contributed by atoms with Gasteiger partial charge in [0.2, 0.25) is 11.8 Å². The number of nitrogens with zero attached hydrogens (tertiary/aromatic N) is 1. The highest BCUT2D eigenvalue weighted by Crippen LogP contribution is 2.42. The molecule has 0 aliphatic carbocycles. The van der Waals surface area contributed by atoms with Gasteiger partial charge in [-0.15, -0.1) is 0 Å². The fraction of sp³-hybridized carbons (Fsp3) is 0.512. The molecular formula is C41H55N3O5. The largest absolute Gasteiger partial charge is 0.392 e. The number of hydrogen-bond donors (Lipinski definition) is 3. The van der Waals surface area contributed by atoms with Crippen LogP contribution in [0.2, 0.25) is 0 Å². The Labute approximate surface area is 292 Å². The average molecular weight is 670 g/mol. The molecule has 2 amide bonds. The maximum Gasteiger partial charge on any atom is 0.220 e. The lowest BCUT2D eigenvalue weighted by molar-refractivity contribution is -0.276. The number of ether oxygens (including phenoxy) is 2. The zero-order valence-electron chi connectivity index (χ0n) is 29.4. The molecule has 2 saturated heterocycles. The van der Waals surface area contributed by atoms with Gasteiger partial charge in [-0.05, 0) is 72.7 Å². The fourth-order valence-corrected chi connectivity index (χ4v) is 6.91. The Morgan fingerprint density at radius 2 is 1.51 bits per heavy atom. The van der Waals surface area contributed by atoms with Crippen LogP contribution in [0.15, 0.2) is 72.8 Å². The molecule has 264 valence electrons. The number of likely N-dealkylation sites (tertiary alicyclic amines) is 1. The van der Waals surface area contributed by atoms with Crippen LogP contribution in [0.1, 0.15) is 106 Å². The van der Waals surface area contributed by atoms with E-state index in [1.54, 1.807) is 0 Å². The predicted octanol–water partition coefficient (Wildman–Crippen LogP) is 7.22. The van der Waals surface area contributed by atoms with Crippen LogP contribution >= 0.6 is 0 Å². The van der Waals surface area contributed by atoms with Crippen molar-refractivity contribution < 1.29 is 24.2 Å². The smallest absolute Gasteiger partial charge is 0.220 e. The number of amides is 2. The van der Waals surface area contributed by atoms with Gasteiger partial charge in [0, 0.05) is 44.5 Å². The Kier molecular flexibility index (Phi) is 14.2. The van der Waals surface area contributed by atoms with Gasteiger partial charge in [0.05, 0.1) is 18.8 Å². The summed E-state index contributed by atoms with van der Waals surface area (Å²) in [6, 6.07) is 24.9. The number of aliphatic hydroxyl groups is 1. The van der Waals surface area contributed by atoms with Crippen molar-refractivity contribution in [3.05, 3.63) is 95.1 Å². The minimum absolute atomic E-state index is 0.0175. The van der Waals surface area contributed by atoms with E-state index >= 15 is 0 Å². The zero-order valence-corrected chi connectivity index (χ0v) is 29.4. The summed E-state index contributed by atoms with van der Waals surface area (Å²) in [5.74, 6) is 0.193. The summed E-state index contributed by atoms with van der Waals surface area (Å²) in [4.78, 5) is 26.0. The number of hydrogen-bond acceptors (Lipinski definition) is 6. The van der Waals surface area contributed by atoms with Crippen molar-refractivity contribution in [2.24, 2.45) is 5.92 Å². The Morgan fingerprint density at radius 1 is 0.796 bits per heavy atom. The molecule has 49 heavy (non-hydrogen) atoms. The highest BCUT2D eigenvalue weighted by atomic mass is 16.7. The molecule has 2 aliphatic heterocycles. The SMILES string of the molecule is CC(=O)NCCCCCC(=O)NCc1cccc(-c2ccc([C@@H]3O[C@H](CN4CCCCCCC4)[C@H](C)[C@H](c4ccc(CO)cc4)O3)cc2)c1. The van der Waals surface area contributed by atoms with Gasteiger partial charge in [-0.3, -0.25) is 9.59 Å². The molecule has 3 aromatic rings. The Bertz CT molecular complexity index is 1450. The first-order valence-corrected chi connectivity index (χ1v) is 18.3. The molecule has 8 nitrogen and oxygen atoms in total. The third kappa shape index (κ3) is 11.2. The molecule has 0 saturated carbocycles. The van der Waals surface area contributed by atoms with Crippen molar-refractivity contribution in [3.8, 4) is 11.1 Å². The molecule has 2 heterocycles. The molecule has 0 unspecified atom stereocenters. The molecule has 3 N–H and O–H groups in total. The van der Waals surface area contributed by atoms with Crippen LogP contribution < -0.4 is 10.6 Å². The molecule has 5 rings (SSSR count). The van der Waals surface area contributed by atoms with E-state index in [2.05, 4.69) is 71.0 Å². The highest BCUT2D eigenvalue weighted by molar-refractivity contribution is 5.76. The monoisotopic (exact) mass is 669 g/mol. The quantitative estimate of drug-likeness (QED) is 0.157. The summed E-state index contributed by atoms with van der Waals surface area (Å²) < 4.78 is 13.5. The van der Waals surface area contributed by atoms with Gasteiger partial charge >= 0.3 is 0 Å². The van der Waals surface area contributed by atoms with Gasteiger partial charge in [0.15, 0.2) is 6.29 Å². The Morgan fingerprint density at radius 3 is 2.22 bits per heavy atom. The van der Waals surface area contributed by atoms with E-state index in [1.807, 2.05) is 24.3 Å². The molecule has 2 aliphatic rings. The van der Waals surface area contributed by atoms with Gasteiger partial charge < -0.3 is 30.1 Å². The van der Waals surface area contributed by atoms with E-state index in [9.17, 15) is 14.7 Å². The lowest BCUT2D eigenvalue weighted by Gasteiger charge is -2.43. The Balaban J connectivity index is 1.22. The van der Waals surface area contributed by atoms with Crippen LogP contribution in [0, 0.1) is 5.92 Å². The maximum absolute atomic E-state index is 12.4. The lowest BCUT2D eigenvalue weighted by Crippen LogP contribution is -2.45. The van der Waals surface area contributed by atoms with Gasteiger partial charge in [0.25, 0.3) is 0 Å². The van der Waals surface area contributed by atoms with Gasteiger partial charge in [0.1, 0.15) is 0 Å². The normalized spacial score (nSPS) is 21.8. The molecule has 0 spiro atoms. The van der Waals surface area contributed by atoms with Gasteiger partial charge in [-0.2, -0.15) is 0 Å². The van der Waals surface area contributed by atoms with E-state index in [0.29, 0.717) is 19.5 Å². The van der Waals surface area contributed by atoms with Gasteiger partial charge in [-0.25, -0.2) is 0 Å². The third-order valence-electron chi connectivity index (χ3n) is 9.90. The summed E-state index contributed by atoms with van der Waals surface area (Å²) in [5, 5.41) is 15.4. The maximum atomic E-state index is 12.4. The standard InChI is InChI=1S/C41H55N3O5/c1-30-38(28-44-24-9-4-3-5-10-25-44)48-41(49-40(30)35-17-15-32(29-45)16-18-35)36-21-19-34(20-22-36)37-13-11-12-33(26-37)27-43-39(47)14-7-6-8-23-42-31(2)46/h11-13,15-22,26,30,38,40-41,45H,3-10,14,23-25,27-29H2,1-2H3,(H,42,46)(H,43,47)/t30-,38+,40+,41+/m0/s1. The number of rotatable bonds is 14. The van der Waals surface area contributed by atoms with E-state index in [1.165, 1.54) is 39.0 Å². The van der Waals surface area contributed by atoms with E-state index in [4.69, 9.17) is 9.47 Å². The lowest BCUT2D eigenvalue weighted by atomic mass is 9.89. The molecule has 0 aromatic heterocycles. The summed E-state index contributed by atoms with van der Waals surface area (Å²) in [6.45, 7) is 8.05. The third-order valence-corrected chi connectivity index (χ3v) is 9.90. The number of nitrogens with one attached hydrogen (secondary N) is 2. The van der Waals surface area contributed by atoms with Crippen molar-refractivity contribution in [2.75, 3.05) is 26.2 Å². The molecule has 4 atom stereocenters. The van der Waals surface area contributed by atoms with Crippen molar-refractivity contribution in [1.82, 2.24) is 15.5 Å². The van der Waals surface area contributed by atoms with Crippen molar-refractivity contribution in [2.45, 2.75) is 103 Å². The molecule has 8 heteroatoms. The van der Waals surface area contributed by atoms with Crippen molar-refractivity contribution in [3.63, 3.8) is 0 Å². The second kappa shape index (κ2) is 19.0. The fourth-order valence-electron chi connectivity index (χ4n) is 6.91. The Hall–Kier alpha value is -3.56. The molecule has 0 radical (unpaired) electrons. The second-order valence-electron chi connectivity index (χ2n) is 13.8. The number of aliphatic hydroxyl groups excluding tert-OH is 1. The van der Waals surface area contributed by atoms with Crippen LogP contribution in [0.5, 0.6) is 0 Å². The molecule has 2 fully saturated rings. The van der Waals surface area contributed by atoms with Crippen LogP contribution in [-0.2, 0) is 32.2 Å². The zero-order chi connectivity index (χ0) is 34.4. The van der Waals surface area contributed by atoms with Crippen molar-refractivity contribution >= 4 is 11.8 Å². The van der Waals surface area contributed by atoms with Crippen LogP contribution in [0.3, 0.4) is 0 Å². The summed E-state index contributed by atoms with van der Waals surface area (Å²) in [6.07, 6.45) is 8.92. The topological polar surface area (TPSA) is 100 Å². The van der Waals surface area contributed by atoms with E-state index in [-0.39, 0.29) is 36.5 Å². The van der Waals surface area contributed by atoms with Crippen LogP contribution in [0.4, 0.5) is 0 Å². The highest BCUT2D eigenvalue weighted by Gasteiger charge is 2.39. The minimum atomic E-state index is -0.487. The van der Waals surface area contributed by atoms with Crippen molar-refractivity contribution in [1.29, 1.82) is 0 Å². The van der Waals surface area contributed by atoms with Crippen LogP contribution in [0.25, 0.3) is 11.1 Å². The number of benzene rings is 3. The number of carbonyl (C=O) groups excluding carboxylic acids is 2. The summed E-state index contributed by atoms with van der Waals surface area (Å²) >= 11 is 0. The van der Waals surface area contributed by atoms with Gasteiger partial charge in [-0.1, -0.05) is 99.3 Å². The molecule has 0 bridgehead atoms. The first-order chi connectivity index (χ1) is 23.9. The van der Waals surface area contributed by atoms with E-state index < -0.39 is 6.29 Å².